The Balaban J connectivity index is 1.52. The molecule has 0 aromatic heterocycles. The number of hydrogen-bond donors (Lipinski definition) is 1. The summed E-state index contributed by atoms with van der Waals surface area (Å²) in [5.74, 6) is -1.70. The molecule has 0 saturated carbocycles. The molecule has 1 heterocycles. The minimum atomic E-state index is -0.881. The van der Waals surface area contributed by atoms with Gasteiger partial charge in [-0.15, -0.1) is 0 Å². The van der Waals surface area contributed by atoms with E-state index in [9.17, 15) is 19.1 Å². The van der Waals surface area contributed by atoms with Crippen molar-refractivity contribution >= 4 is 11.9 Å². The predicted molar refractivity (Wildman–Crippen MR) is 98.0 cm³/mol. The number of aliphatic carboxylic acids is 1. The average Bonchev–Trinajstić information content (AvgIpc) is 3.12. The van der Waals surface area contributed by atoms with Gasteiger partial charge in [0, 0.05) is 31.5 Å². The number of ether oxygens (including phenoxy) is 1. The lowest BCUT2D eigenvalue weighted by Crippen LogP contribution is -2.30. The highest BCUT2D eigenvalue weighted by Crippen LogP contribution is 2.33. The van der Waals surface area contributed by atoms with Crippen LogP contribution < -0.4 is 4.74 Å². The largest absolute Gasteiger partial charge is 0.493 e. The van der Waals surface area contributed by atoms with Crippen LogP contribution in [-0.4, -0.2) is 41.6 Å². The maximum absolute atomic E-state index is 13.1. The first-order chi connectivity index (χ1) is 13.0. The van der Waals surface area contributed by atoms with Crippen molar-refractivity contribution in [1.29, 1.82) is 0 Å². The Kier molecular flexibility index (Phi) is 6.06. The minimum Gasteiger partial charge on any atom is -0.493 e. The van der Waals surface area contributed by atoms with Crippen LogP contribution in [0.3, 0.4) is 0 Å². The average molecular weight is 371 g/mol. The van der Waals surface area contributed by atoms with E-state index in [2.05, 4.69) is 0 Å². The van der Waals surface area contributed by atoms with Crippen molar-refractivity contribution in [2.45, 2.75) is 18.8 Å². The van der Waals surface area contributed by atoms with Crippen LogP contribution in [0.2, 0.25) is 0 Å². The second-order valence-electron chi connectivity index (χ2n) is 6.67. The summed E-state index contributed by atoms with van der Waals surface area (Å²) < 4.78 is 18.5. The molecule has 0 spiro atoms. The van der Waals surface area contributed by atoms with Gasteiger partial charge in [0.05, 0.1) is 12.5 Å². The second-order valence-corrected chi connectivity index (χ2v) is 6.67. The van der Waals surface area contributed by atoms with Gasteiger partial charge in [-0.05, 0) is 24.1 Å². The molecule has 5 nitrogen and oxygen atoms in total. The van der Waals surface area contributed by atoms with Crippen molar-refractivity contribution in [2.24, 2.45) is 5.92 Å². The Labute approximate surface area is 157 Å². The van der Waals surface area contributed by atoms with Gasteiger partial charge in [0.1, 0.15) is 11.6 Å². The number of nitrogens with zero attached hydrogens (tertiary/aromatic N) is 1. The molecule has 1 aliphatic rings. The third-order valence-corrected chi connectivity index (χ3v) is 4.82. The Morgan fingerprint density at radius 3 is 2.59 bits per heavy atom. The van der Waals surface area contributed by atoms with E-state index in [1.165, 1.54) is 12.1 Å². The summed E-state index contributed by atoms with van der Waals surface area (Å²) in [5.41, 5.74) is 0.939. The molecular weight excluding hydrogens is 349 g/mol. The van der Waals surface area contributed by atoms with Crippen LogP contribution in [0, 0.1) is 11.7 Å². The highest BCUT2D eigenvalue weighted by atomic mass is 19.1. The number of carboxylic acid groups (broad SMARTS) is 1. The number of rotatable bonds is 7. The Morgan fingerprint density at radius 2 is 1.89 bits per heavy atom. The molecule has 6 heteroatoms. The molecule has 1 N–H and O–H groups in total. The molecule has 2 atom stereocenters. The van der Waals surface area contributed by atoms with Crippen LogP contribution in [0.5, 0.6) is 5.75 Å². The third kappa shape index (κ3) is 4.84. The molecule has 142 valence electrons. The first-order valence-corrected chi connectivity index (χ1v) is 8.98. The second kappa shape index (κ2) is 8.66. The lowest BCUT2D eigenvalue weighted by Gasteiger charge is -2.16. The van der Waals surface area contributed by atoms with Crippen molar-refractivity contribution < 1.29 is 23.8 Å². The standard InChI is InChI=1S/C21H22FNO4/c22-16-8-4-9-17(12-16)27-11-5-10-20(24)23-13-18(19(14-23)21(25)26)15-6-2-1-3-7-15/h1-4,6-9,12,18-19H,5,10-11,13-14H2,(H,25,26). The summed E-state index contributed by atoms with van der Waals surface area (Å²) >= 11 is 0. The number of carbonyl (C=O) groups excluding carboxylic acids is 1. The molecule has 2 unspecified atom stereocenters. The smallest absolute Gasteiger partial charge is 0.308 e. The van der Waals surface area contributed by atoms with Crippen molar-refractivity contribution in [1.82, 2.24) is 4.90 Å². The molecule has 1 amide bonds. The van der Waals surface area contributed by atoms with Crippen LogP contribution in [-0.2, 0) is 9.59 Å². The van der Waals surface area contributed by atoms with E-state index in [1.54, 1.807) is 17.0 Å². The fourth-order valence-electron chi connectivity index (χ4n) is 3.42. The van der Waals surface area contributed by atoms with Crippen molar-refractivity contribution in [3.05, 3.63) is 66.0 Å². The summed E-state index contributed by atoms with van der Waals surface area (Å²) in [6, 6.07) is 15.3. The molecule has 27 heavy (non-hydrogen) atoms. The number of benzene rings is 2. The van der Waals surface area contributed by atoms with E-state index < -0.39 is 11.9 Å². The fraction of sp³-hybridized carbons (Fsp3) is 0.333. The molecule has 0 radical (unpaired) electrons. The third-order valence-electron chi connectivity index (χ3n) is 4.82. The van der Waals surface area contributed by atoms with Gasteiger partial charge in [0.15, 0.2) is 0 Å². The molecule has 3 rings (SSSR count). The Morgan fingerprint density at radius 1 is 1.11 bits per heavy atom. The van der Waals surface area contributed by atoms with Crippen LogP contribution >= 0.6 is 0 Å². The lowest BCUT2D eigenvalue weighted by molar-refractivity contribution is -0.141. The summed E-state index contributed by atoms with van der Waals surface area (Å²) in [6.45, 7) is 0.927. The minimum absolute atomic E-state index is 0.0810. The first-order valence-electron chi connectivity index (χ1n) is 8.98. The lowest BCUT2D eigenvalue weighted by atomic mass is 9.89. The molecular formula is C21H22FNO4. The van der Waals surface area contributed by atoms with Crippen molar-refractivity contribution in [3.63, 3.8) is 0 Å². The van der Waals surface area contributed by atoms with Crippen LogP contribution in [0.15, 0.2) is 54.6 Å². The fourth-order valence-corrected chi connectivity index (χ4v) is 3.42. The van der Waals surface area contributed by atoms with E-state index in [0.29, 0.717) is 25.3 Å². The number of carboxylic acids is 1. The van der Waals surface area contributed by atoms with E-state index >= 15 is 0 Å². The van der Waals surface area contributed by atoms with Gasteiger partial charge in [-0.25, -0.2) is 4.39 Å². The first kappa shape index (κ1) is 18.9. The van der Waals surface area contributed by atoms with Gasteiger partial charge in [0.25, 0.3) is 0 Å². The number of carbonyl (C=O) groups is 2. The Bertz CT molecular complexity index is 796. The summed E-state index contributed by atoms with van der Waals surface area (Å²) in [6.07, 6.45) is 0.753. The van der Waals surface area contributed by atoms with E-state index in [4.69, 9.17) is 4.74 Å². The van der Waals surface area contributed by atoms with Crippen molar-refractivity contribution in [3.8, 4) is 5.75 Å². The quantitative estimate of drug-likeness (QED) is 0.759. The predicted octanol–water partition coefficient (Wildman–Crippen LogP) is 3.31. The number of halogens is 1. The zero-order chi connectivity index (χ0) is 19.2. The molecule has 1 aliphatic heterocycles. The molecule has 0 aliphatic carbocycles. The van der Waals surface area contributed by atoms with E-state index in [-0.39, 0.29) is 30.6 Å². The van der Waals surface area contributed by atoms with Gasteiger partial charge in [0.2, 0.25) is 5.91 Å². The van der Waals surface area contributed by atoms with Gasteiger partial charge in [-0.1, -0.05) is 36.4 Å². The van der Waals surface area contributed by atoms with Gasteiger partial charge in [-0.3, -0.25) is 9.59 Å². The number of hydrogen-bond acceptors (Lipinski definition) is 3. The highest BCUT2D eigenvalue weighted by molar-refractivity contribution is 5.79. The van der Waals surface area contributed by atoms with Crippen LogP contribution in [0.1, 0.15) is 24.3 Å². The van der Waals surface area contributed by atoms with Gasteiger partial charge >= 0.3 is 5.97 Å². The topological polar surface area (TPSA) is 66.8 Å². The number of amides is 1. The summed E-state index contributed by atoms with van der Waals surface area (Å²) in [4.78, 5) is 25.7. The number of likely N-dealkylation sites (tertiary alicyclic amines) is 1. The van der Waals surface area contributed by atoms with E-state index in [0.717, 1.165) is 5.56 Å². The van der Waals surface area contributed by atoms with Gasteiger partial charge < -0.3 is 14.7 Å². The molecule has 0 bridgehead atoms. The summed E-state index contributed by atoms with van der Waals surface area (Å²) in [7, 11) is 0. The molecule has 2 aromatic carbocycles. The normalized spacial score (nSPS) is 19.1. The van der Waals surface area contributed by atoms with Crippen molar-refractivity contribution in [2.75, 3.05) is 19.7 Å². The van der Waals surface area contributed by atoms with Gasteiger partial charge in [-0.2, -0.15) is 0 Å². The SMILES string of the molecule is O=C(O)C1CN(C(=O)CCCOc2cccc(F)c2)CC1c1ccccc1. The Hall–Kier alpha value is -2.89. The zero-order valence-corrected chi connectivity index (χ0v) is 14.9. The van der Waals surface area contributed by atoms with E-state index in [1.807, 2.05) is 30.3 Å². The maximum atomic E-state index is 13.1. The van der Waals surface area contributed by atoms with Crippen LogP contribution in [0.4, 0.5) is 4.39 Å². The highest BCUT2D eigenvalue weighted by Gasteiger charge is 2.40. The molecule has 1 fully saturated rings. The molecule has 1 saturated heterocycles. The zero-order valence-electron chi connectivity index (χ0n) is 14.9. The molecule has 2 aromatic rings. The summed E-state index contributed by atoms with van der Waals surface area (Å²) in [5, 5.41) is 9.52. The van der Waals surface area contributed by atoms with Crippen LogP contribution in [0.25, 0.3) is 0 Å². The maximum Gasteiger partial charge on any atom is 0.308 e. The monoisotopic (exact) mass is 371 g/mol.